The van der Waals surface area contributed by atoms with E-state index < -0.39 is 5.97 Å². The second-order valence-electron chi connectivity index (χ2n) is 6.69. The second-order valence-corrected chi connectivity index (χ2v) is 6.69. The lowest BCUT2D eigenvalue weighted by molar-refractivity contribution is 0.0644. The highest BCUT2D eigenvalue weighted by Crippen LogP contribution is 2.31. The molecule has 1 heterocycles. The summed E-state index contributed by atoms with van der Waals surface area (Å²) in [5, 5.41) is 8.99. The van der Waals surface area contributed by atoms with Gasteiger partial charge in [0.15, 0.2) is 5.69 Å². The molecule has 3 rings (SSSR count). The number of nitrogens with zero attached hydrogens (tertiary/aromatic N) is 2. The van der Waals surface area contributed by atoms with E-state index in [4.69, 9.17) is 9.52 Å². The van der Waals surface area contributed by atoms with Crippen LogP contribution in [0.4, 0.5) is 0 Å². The van der Waals surface area contributed by atoms with E-state index in [9.17, 15) is 4.79 Å². The molecule has 2 aliphatic rings. The Labute approximate surface area is 131 Å². The van der Waals surface area contributed by atoms with Crippen molar-refractivity contribution in [3.05, 3.63) is 17.8 Å². The van der Waals surface area contributed by atoms with Gasteiger partial charge in [0.1, 0.15) is 6.26 Å². The first kappa shape index (κ1) is 15.5. The lowest BCUT2D eigenvalue weighted by Gasteiger charge is -2.41. The zero-order valence-corrected chi connectivity index (χ0v) is 13.2. The van der Waals surface area contributed by atoms with Crippen molar-refractivity contribution in [2.24, 2.45) is 0 Å². The molecule has 0 saturated heterocycles. The Kier molecular flexibility index (Phi) is 5.13. The van der Waals surface area contributed by atoms with Crippen molar-refractivity contribution in [1.29, 1.82) is 0 Å². The first-order valence-electron chi connectivity index (χ1n) is 8.67. The fourth-order valence-corrected chi connectivity index (χ4v) is 4.02. The molecular formula is C17H26N2O3. The summed E-state index contributed by atoms with van der Waals surface area (Å²) in [5.41, 5.74) is 0.0160. The molecule has 0 atom stereocenters. The molecule has 0 bridgehead atoms. The van der Waals surface area contributed by atoms with E-state index in [1.54, 1.807) is 0 Å². The summed E-state index contributed by atoms with van der Waals surface area (Å²) >= 11 is 0. The van der Waals surface area contributed by atoms with Gasteiger partial charge in [0, 0.05) is 12.1 Å². The number of aromatic nitrogens is 1. The molecule has 0 amide bonds. The zero-order chi connectivity index (χ0) is 15.4. The second kappa shape index (κ2) is 7.27. The summed E-state index contributed by atoms with van der Waals surface area (Å²) in [7, 11) is 0. The average Bonchev–Trinajstić information content (AvgIpc) is 3.03. The Balaban J connectivity index is 1.72. The molecule has 1 aromatic heterocycles. The van der Waals surface area contributed by atoms with Gasteiger partial charge in [-0.2, -0.15) is 0 Å². The molecule has 22 heavy (non-hydrogen) atoms. The van der Waals surface area contributed by atoms with Crippen LogP contribution in [0.25, 0.3) is 0 Å². The van der Waals surface area contributed by atoms with Crippen LogP contribution in [0.15, 0.2) is 10.7 Å². The van der Waals surface area contributed by atoms with E-state index in [1.807, 2.05) is 0 Å². The van der Waals surface area contributed by atoms with Gasteiger partial charge >= 0.3 is 5.97 Å². The number of oxazole rings is 1. The first-order chi connectivity index (χ1) is 10.7. The molecule has 2 fully saturated rings. The van der Waals surface area contributed by atoms with Crippen LogP contribution in [0.3, 0.4) is 0 Å². The normalized spacial score (nSPS) is 21.3. The van der Waals surface area contributed by atoms with Crippen LogP contribution in [0.5, 0.6) is 0 Å². The summed E-state index contributed by atoms with van der Waals surface area (Å²) in [5.74, 6) is -0.467. The molecule has 0 unspecified atom stereocenters. The zero-order valence-electron chi connectivity index (χ0n) is 13.2. The van der Waals surface area contributed by atoms with Gasteiger partial charge in [-0.25, -0.2) is 9.78 Å². The first-order valence-corrected chi connectivity index (χ1v) is 8.67. The number of rotatable bonds is 5. The number of hydrogen-bond acceptors (Lipinski definition) is 4. The van der Waals surface area contributed by atoms with Gasteiger partial charge in [-0.1, -0.05) is 38.5 Å². The van der Waals surface area contributed by atoms with Gasteiger partial charge in [0.25, 0.3) is 0 Å². The summed E-state index contributed by atoms with van der Waals surface area (Å²) in [6.07, 6.45) is 14.2. The summed E-state index contributed by atoms with van der Waals surface area (Å²) < 4.78 is 5.40. The maximum Gasteiger partial charge on any atom is 0.357 e. The molecule has 0 radical (unpaired) electrons. The van der Waals surface area contributed by atoms with Crippen LogP contribution in [-0.4, -0.2) is 33.0 Å². The maximum atomic E-state index is 11.0. The smallest absolute Gasteiger partial charge is 0.357 e. The van der Waals surface area contributed by atoms with Crippen molar-refractivity contribution < 1.29 is 14.3 Å². The van der Waals surface area contributed by atoms with E-state index in [2.05, 4.69) is 9.88 Å². The predicted molar refractivity (Wildman–Crippen MR) is 82.8 cm³/mol. The molecule has 1 aromatic rings. The van der Waals surface area contributed by atoms with Crippen LogP contribution in [0.2, 0.25) is 0 Å². The molecule has 2 saturated carbocycles. The Morgan fingerprint density at radius 2 is 1.64 bits per heavy atom. The SMILES string of the molecule is O=C(O)c1coc(CN(C2CCCCC2)C2CCCCC2)n1. The highest BCUT2D eigenvalue weighted by molar-refractivity contribution is 5.84. The number of carboxylic acids is 1. The van der Waals surface area contributed by atoms with Crippen LogP contribution in [0.1, 0.15) is 80.6 Å². The van der Waals surface area contributed by atoms with Crippen LogP contribution < -0.4 is 0 Å². The Morgan fingerprint density at radius 3 is 2.09 bits per heavy atom. The molecule has 0 spiro atoms. The van der Waals surface area contributed by atoms with Gasteiger partial charge in [-0.05, 0) is 25.7 Å². The van der Waals surface area contributed by atoms with Crippen LogP contribution in [0, 0.1) is 0 Å². The number of hydrogen-bond donors (Lipinski definition) is 1. The van der Waals surface area contributed by atoms with E-state index in [-0.39, 0.29) is 5.69 Å². The van der Waals surface area contributed by atoms with E-state index in [1.165, 1.54) is 70.5 Å². The molecule has 1 N–H and O–H groups in total. The largest absolute Gasteiger partial charge is 0.476 e. The van der Waals surface area contributed by atoms with Gasteiger partial charge in [0.2, 0.25) is 5.89 Å². The van der Waals surface area contributed by atoms with Crippen LogP contribution in [-0.2, 0) is 6.54 Å². The third-order valence-electron chi connectivity index (χ3n) is 5.18. The number of aromatic carboxylic acids is 1. The number of carboxylic acid groups (broad SMARTS) is 1. The van der Waals surface area contributed by atoms with Gasteiger partial charge in [-0.3, -0.25) is 4.90 Å². The quantitative estimate of drug-likeness (QED) is 0.895. The summed E-state index contributed by atoms with van der Waals surface area (Å²) in [6.45, 7) is 0.655. The summed E-state index contributed by atoms with van der Waals surface area (Å²) in [4.78, 5) is 17.7. The highest BCUT2D eigenvalue weighted by Gasteiger charge is 2.30. The molecule has 2 aliphatic carbocycles. The molecule has 0 aliphatic heterocycles. The molecular weight excluding hydrogens is 280 g/mol. The van der Waals surface area contributed by atoms with E-state index in [0.29, 0.717) is 24.5 Å². The third kappa shape index (κ3) is 3.69. The van der Waals surface area contributed by atoms with Crippen molar-refractivity contribution in [2.75, 3.05) is 0 Å². The number of carbonyl (C=O) groups is 1. The Morgan fingerprint density at radius 1 is 1.09 bits per heavy atom. The highest BCUT2D eigenvalue weighted by atomic mass is 16.4. The van der Waals surface area contributed by atoms with Crippen LogP contribution >= 0.6 is 0 Å². The van der Waals surface area contributed by atoms with Gasteiger partial charge < -0.3 is 9.52 Å². The minimum Gasteiger partial charge on any atom is -0.476 e. The van der Waals surface area contributed by atoms with E-state index in [0.717, 1.165) is 0 Å². The third-order valence-corrected chi connectivity index (χ3v) is 5.18. The van der Waals surface area contributed by atoms with Crippen molar-refractivity contribution in [3.63, 3.8) is 0 Å². The predicted octanol–water partition coefficient (Wildman–Crippen LogP) is 3.84. The standard InChI is InChI=1S/C17H26N2O3/c20-17(21)15-12-22-16(18-15)11-19(13-7-3-1-4-8-13)14-9-5-2-6-10-14/h12-14H,1-11H2,(H,20,21). The molecule has 122 valence electrons. The molecule has 5 heteroatoms. The molecule has 5 nitrogen and oxygen atoms in total. The fraction of sp³-hybridized carbons (Fsp3) is 0.765. The van der Waals surface area contributed by atoms with Crippen molar-refractivity contribution in [2.45, 2.75) is 82.8 Å². The fourth-order valence-electron chi connectivity index (χ4n) is 4.02. The van der Waals surface area contributed by atoms with E-state index >= 15 is 0 Å². The summed E-state index contributed by atoms with van der Waals surface area (Å²) in [6, 6.07) is 1.22. The average molecular weight is 306 g/mol. The van der Waals surface area contributed by atoms with Crippen molar-refractivity contribution >= 4 is 5.97 Å². The minimum absolute atomic E-state index is 0.0160. The topological polar surface area (TPSA) is 66.6 Å². The minimum atomic E-state index is -1.02. The maximum absolute atomic E-state index is 11.0. The Bertz CT molecular complexity index is 470. The lowest BCUT2D eigenvalue weighted by atomic mass is 9.88. The molecule has 0 aromatic carbocycles. The van der Waals surface area contributed by atoms with Gasteiger partial charge in [-0.15, -0.1) is 0 Å². The lowest BCUT2D eigenvalue weighted by Crippen LogP contribution is -2.44. The van der Waals surface area contributed by atoms with Crippen molar-refractivity contribution in [1.82, 2.24) is 9.88 Å². The van der Waals surface area contributed by atoms with Gasteiger partial charge in [0.05, 0.1) is 6.54 Å². The monoisotopic (exact) mass is 306 g/mol. The Hall–Kier alpha value is -1.36. The van der Waals surface area contributed by atoms with Crippen molar-refractivity contribution in [3.8, 4) is 0 Å².